The number of ketones is 1. The Balaban J connectivity index is 1.87. The molecular weight excluding hydrogens is 372 g/mol. The van der Waals surface area contributed by atoms with E-state index in [4.69, 9.17) is 0 Å². The van der Waals surface area contributed by atoms with Gasteiger partial charge < -0.3 is 0 Å². The van der Waals surface area contributed by atoms with Crippen molar-refractivity contribution in [2.24, 2.45) is 0 Å². The van der Waals surface area contributed by atoms with Gasteiger partial charge in [-0.05, 0) is 57.5 Å². The van der Waals surface area contributed by atoms with Crippen molar-refractivity contribution in [2.75, 3.05) is 0 Å². The third-order valence-corrected chi connectivity index (χ3v) is 5.05. The molecule has 0 bridgehead atoms. The summed E-state index contributed by atoms with van der Waals surface area (Å²) < 4.78 is 0.812. The first-order valence-electron chi connectivity index (χ1n) is 8.11. The van der Waals surface area contributed by atoms with Crippen LogP contribution < -0.4 is 0 Å². The van der Waals surface area contributed by atoms with E-state index >= 15 is 0 Å². The summed E-state index contributed by atoms with van der Waals surface area (Å²) in [5.74, 6) is -0.00973. The third-order valence-electron chi connectivity index (χ3n) is 4.35. The predicted octanol–water partition coefficient (Wildman–Crippen LogP) is 6.65. The van der Waals surface area contributed by atoms with Crippen molar-refractivity contribution in [3.63, 3.8) is 0 Å². The molecule has 120 valence electrons. The Labute approximate surface area is 154 Å². The lowest BCUT2D eigenvalue weighted by Gasteiger charge is -2.08. The van der Waals surface area contributed by atoms with E-state index in [-0.39, 0.29) is 5.78 Å². The minimum atomic E-state index is -0.00973. The van der Waals surface area contributed by atoms with Crippen molar-refractivity contribution >= 4 is 49.3 Å². The Morgan fingerprint density at radius 3 is 1.96 bits per heavy atom. The molecule has 0 aliphatic carbocycles. The Bertz CT molecular complexity index is 1070. The van der Waals surface area contributed by atoms with Crippen LogP contribution in [0.4, 0.5) is 0 Å². The summed E-state index contributed by atoms with van der Waals surface area (Å²) in [6, 6.07) is 26.2. The molecule has 1 nitrogen and oxygen atoms in total. The number of benzene rings is 4. The van der Waals surface area contributed by atoms with Gasteiger partial charge in [0.1, 0.15) is 0 Å². The van der Waals surface area contributed by atoms with Crippen molar-refractivity contribution in [1.29, 1.82) is 0 Å². The van der Waals surface area contributed by atoms with E-state index in [2.05, 4.69) is 46.3 Å². The Hall–Kier alpha value is -2.71. The second kappa shape index (κ2) is 6.66. The highest BCUT2D eigenvalue weighted by atomic mass is 79.9. The van der Waals surface area contributed by atoms with Crippen LogP contribution in [-0.4, -0.2) is 5.78 Å². The topological polar surface area (TPSA) is 17.1 Å². The van der Waals surface area contributed by atoms with Crippen LogP contribution in [0.25, 0.3) is 27.6 Å². The molecule has 0 saturated heterocycles. The number of rotatable bonds is 3. The molecule has 0 saturated carbocycles. The second-order valence-corrected chi connectivity index (χ2v) is 6.76. The minimum Gasteiger partial charge on any atom is -0.289 e. The van der Waals surface area contributed by atoms with Gasteiger partial charge in [-0.25, -0.2) is 0 Å². The number of carbonyl (C=O) groups is 1. The predicted molar refractivity (Wildman–Crippen MR) is 109 cm³/mol. The van der Waals surface area contributed by atoms with Gasteiger partial charge in [0.2, 0.25) is 0 Å². The number of allylic oxidation sites excluding steroid dienone is 1. The molecule has 0 unspecified atom stereocenters. The van der Waals surface area contributed by atoms with Gasteiger partial charge in [0.25, 0.3) is 0 Å². The van der Waals surface area contributed by atoms with Gasteiger partial charge in [0.15, 0.2) is 5.78 Å². The van der Waals surface area contributed by atoms with Crippen LogP contribution in [0.2, 0.25) is 0 Å². The molecule has 2 heteroatoms. The van der Waals surface area contributed by atoms with Gasteiger partial charge in [-0.1, -0.05) is 76.6 Å². The quantitative estimate of drug-likeness (QED) is 0.218. The molecule has 25 heavy (non-hydrogen) atoms. The van der Waals surface area contributed by atoms with Crippen LogP contribution in [-0.2, 0) is 0 Å². The lowest BCUT2D eigenvalue weighted by molar-refractivity contribution is 0.104. The van der Waals surface area contributed by atoms with Gasteiger partial charge in [0, 0.05) is 10.0 Å². The summed E-state index contributed by atoms with van der Waals surface area (Å²) in [4.78, 5) is 12.6. The molecule has 4 aromatic rings. The molecule has 0 radical (unpaired) electrons. The van der Waals surface area contributed by atoms with E-state index in [9.17, 15) is 4.79 Å². The van der Waals surface area contributed by atoms with Gasteiger partial charge in [0.05, 0.1) is 0 Å². The highest BCUT2D eigenvalue weighted by Crippen LogP contribution is 2.29. The van der Waals surface area contributed by atoms with E-state index in [1.807, 2.05) is 54.6 Å². The fourth-order valence-corrected chi connectivity index (χ4v) is 3.62. The van der Waals surface area contributed by atoms with E-state index in [0.717, 1.165) is 20.8 Å². The SMILES string of the molecule is O=C(/C=C/c1c2ccccc2cc2ccccc12)c1ccccc1Br. The van der Waals surface area contributed by atoms with Crippen molar-refractivity contribution in [3.05, 3.63) is 101 Å². The maximum atomic E-state index is 12.6. The average molecular weight is 387 g/mol. The number of hydrogen-bond donors (Lipinski definition) is 0. The molecule has 0 spiro atoms. The van der Waals surface area contributed by atoms with Crippen molar-refractivity contribution in [1.82, 2.24) is 0 Å². The lowest BCUT2D eigenvalue weighted by Crippen LogP contribution is -1.95. The smallest absolute Gasteiger partial charge is 0.186 e. The summed E-state index contributed by atoms with van der Waals surface area (Å²) in [7, 11) is 0. The molecule has 4 aromatic carbocycles. The molecular formula is C23H15BrO. The monoisotopic (exact) mass is 386 g/mol. The Morgan fingerprint density at radius 1 is 0.760 bits per heavy atom. The maximum absolute atomic E-state index is 12.6. The highest BCUT2D eigenvalue weighted by Gasteiger charge is 2.08. The van der Waals surface area contributed by atoms with Gasteiger partial charge in [-0.2, -0.15) is 0 Å². The summed E-state index contributed by atoms with van der Waals surface area (Å²) in [5, 5.41) is 4.65. The van der Waals surface area contributed by atoms with Crippen molar-refractivity contribution in [3.8, 4) is 0 Å². The van der Waals surface area contributed by atoms with Crippen LogP contribution in [0.15, 0.2) is 89.4 Å². The average Bonchev–Trinajstić information content (AvgIpc) is 2.65. The van der Waals surface area contributed by atoms with E-state index in [0.29, 0.717) is 5.56 Å². The summed E-state index contributed by atoms with van der Waals surface area (Å²) >= 11 is 3.45. The van der Waals surface area contributed by atoms with Crippen LogP contribution in [0, 0.1) is 0 Å². The van der Waals surface area contributed by atoms with E-state index in [1.54, 1.807) is 6.08 Å². The van der Waals surface area contributed by atoms with Crippen LogP contribution in [0.1, 0.15) is 15.9 Å². The first-order chi connectivity index (χ1) is 12.2. The zero-order valence-electron chi connectivity index (χ0n) is 13.4. The van der Waals surface area contributed by atoms with Crippen LogP contribution >= 0.6 is 15.9 Å². The molecule has 0 amide bonds. The van der Waals surface area contributed by atoms with Gasteiger partial charge >= 0.3 is 0 Å². The fraction of sp³-hybridized carbons (Fsp3) is 0. The number of fused-ring (bicyclic) bond motifs is 2. The van der Waals surface area contributed by atoms with Gasteiger partial charge in [-0.15, -0.1) is 0 Å². The highest BCUT2D eigenvalue weighted by molar-refractivity contribution is 9.10. The lowest BCUT2D eigenvalue weighted by atomic mass is 9.96. The number of carbonyl (C=O) groups excluding carboxylic acids is 1. The molecule has 0 atom stereocenters. The van der Waals surface area contributed by atoms with Crippen molar-refractivity contribution < 1.29 is 4.79 Å². The second-order valence-electron chi connectivity index (χ2n) is 5.91. The molecule has 0 heterocycles. The molecule has 0 fully saturated rings. The van der Waals surface area contributed by atoms with Crippen LogP contribution in [0.5, 0.6) is 0 Å². The number of halogens is 1. The van der Waals surface area contributed by atoms with E-state index < -0.39 is 0 Å². The number of hydrogen-bond acceptors (Lipinski definition) is 1. The Kier molecular flexibility index (Phi) is 4.21. The molecule has 0 aliphatic heterocycles. The zero-order valence-corrected chi connectivity index (χ0v) is 15.0. The standard InChI is InChI=1S/C23H15BrO/c24-22-12-6-5-11-21(22)23(25)14-13-20-18-9-3-1-7-16(18)15-17-8-2-4-10-19(17)20/h1-15H/b14-13+. The summed E-state index contributed by atoms with van der Waals surface area (Å²) in [6.45, 7) is 0. The Morgan fingerprint density at radius 2 is 1.32 bits per heavy atom. The van der Waals surface area contributed by atoms with Crippen molar-refractivity contribution in [2.45, 2.75) is 0 Å². The first-order valence-corrected chi connectivity index (χ1v) is 8.91. The first kappa shape index (κ1) is 15.8. The fourth-order valence-electron chi connectivity index (χ4n) is 3.14. The minimum absolute atomic E-state index is 0.00973. The molecule has 0 aliphatic rings. The largest absolute Gasteiger partial charge is 0.289 e. The molecule has 0 N–H and O–H groups in total. The molecule has 4 rings (SSSR count). The van der Waals surface area contributed by atoms with Crippen LogP contribution in [0.3, 0.4) is 0 Å². The zero-order chi connectivity index (χ0) is 17.2. The third kappa shape index (κ3) is 3.01. The van der Waals surface area contributed by atoms with E-state index in [1.165, 1.54) is 10.8 Å². The van der Waals surface area contributed by atoms with Gasteiger partial charge in [-0.3, -0.25) is 4.79 Å². The summed E-state index contributed by atoms with van der Waals surface area (Å²) in [5.41, 5.74) is 1.75. The maximum Gasteiger partial charge on any atom is 0.186 e. The molecule has 0 aromatic heterocycles. The summed E-state index contributed by atoms with van der Waals surface area (Å²) in [6.07, 6.45) is 3.60. The normalized spacial score (nSPS) is 11.4.